The van der Waals surface area contributed by atoms with Gasteiger partial charge >= 0.3 is 6.09 Å². The number of nitrogens with zero attached hydrogens (tertiary/aromatic N) is 4. The quantitative estimate of drug-likeness (QED) is 0.739. The van der Waals surface area contributed by atoms with E-state index in [0.29, 0.717) is 17.8 Å². The number of rotatable bonds is 2. The van der Waals surface area contributed by atoms with Crippen molar-refractivity contribution >= 4 is 22.9 Å². The number of aryl methyl sites for hydroxylation is 1. The number of amides is 1. The van der Waals surface area contributed by atoms with Gasteiger partial charge in [0.2, 0.25) is 0 Å². The number of anilines is 1. The van der Waals surface area contributed by atoms with Gasteiger partial charge < -0.3 is 10.1 Å². The fraction of sp³-hybridized carbons (Fsp3) is 0.263. The summed E-state index contributed by atoms with van der Waals surface area (Å²) in [6, 6.07) is 9.71. The molecule has 1 unspecified atom stereocenters. The number of H-pyrrole nitrogens is 1. The average Bonchev–Trinajstić information content (AvgIpc) is 3.09. The highest BCUT2D eigenvalue weighted by Crippen LogP contribution is 2.32. The molecule has 130 valence electrons. The molecule has 1 aliphatic heterocycles. The molecular weight excluding hydrogens is 330 g/mol. The lowest BCUT2D eigenvalue weighted by molar-refractivity contribution is 0.201. The number of fused-ring (bicyclic) bond motifs is 2. The molecule has 0 saturated carbocycles. The van der Waals surface area contributed by atoms with Crippen LogP contribution in [0.1, 0.15) is 41.8 Å². The second kappa shape index (κ2) is 6.15. The van der Waals surface area contributed by atoms with Crippen molar-refractivity contribution in [3.8, 4) is 6.07 Å². The Hall–Kier alpha value is -3.40. The van der Waals surface area contributed by atoms with Crippen molar-refractivity contribution < 1.29 is 9.90 Å². The molecule has 3 aromatic rings. The van der Waals surface area contributed by atoms with Gasteiger partial charge in [-0.3, -0.25) is 4.90 Å². The van der Waals surface area contributed by atoms with E-state index in [0.717, 1.165) is 41.0 Å². The normalized spacial score (nSPS) is 14.7. The number of carboxylic acid groups (broad SMARTS) is 1. The number of aromatic amines is 1. The number of imidazole rings is 1. The predicted molar refractivity (Wildman–Crippen MR) is 96.3 cm³/mol. The first-order valence-corrected chi connectivity index (χ1v) is 8.46. The minimum absolute atomic E-state index is 0.000223. The fourth-order valence-electron chi connectivity index (χ4n) is 3.43. The summed E-state index contributed by atoms with van der Waals surface area (Å²) in [4.78, 5) is 24.8. The molecule has 1 atom stereocenters. The summed E-state index contributed by atoms with van der Waals surface area (Å²) in [7, 11) is 0. The monoisotopic (exact) mass is 347 g/mol. The van der Waals surface area contributed by atoms with Gasteiger partial charge in [-0.15, -0.1) is 0 Å². The van der Waals surface area contributed by atoms with Crippen LogP contribution in [0.2, 0.25) is 0 Å². The van der Waals surface area contributed by atoms with Gasteiger partial charge in [0.15, 0.2) is 5.65 Å². The van der Waals surface area contributed by atoms with Gasteiger partial charge in [-0.05, 0) is 36.1 Å². The van der Waals surface area contributed by atoms with Crippen LogP contribution in [0.15, 0.2) is 30.5 Å². The van der Waals surface area contributed by atoms with E-state index >= 15 is 0 Å². The summed E-state index contributed by atoms with van der Waals surface area (Å²) in [6.07, 6.45) is 2.29. The third-order valence-electron chi connectivity index (χ3n) is 4.85. The average molecular weight is 347 g/mol. The van der Waals surface area contributed by atoms with E-state index in [-0.39, 0.29) is 5.92 Å². The molecule has 0 aliphatic carbocycles. The van der Waals surface area contributed by atoms with Crippen molar-refractivity contribution in [2.75, 3.05) is 11.4 Å². The molecule has 0 saturated heterocycles. The Kier molecular flexibility index (Phi) is 3.81. The van der Waals surface area contributed by atoms with Crippen LogP contribution in [-0.4, -0.2) is 32.7 Å². The lowest BCUT2D eigenvalue weighted by Crippen LogP contribution is -2.34. The first-order valence-electron chi connectivity index (χ1n) is 8.46. The SMILES string of the molecule is CC(c1ccc2c(c1)CCCN2C(=O)O)c1nc2ncc(C#N)cc2[nH]1. The van der Waals surface area contributed by atoms with Gasteiger partial charge in [0.05, 0.1) is 16.8 Å². The first-order chi connectivity index (χ1) is 12.6. The molecule has 26 heavy (non-hydrogen) atoms. The van der Waals surface area contributed by atoms with Crippen molar-refractivity contribution in [3.63, 3.8) is 0 Å². The van der Waals surface area contributed by atoms with Crippen LogP contribution in [-0.2, 0) is 6.42 Å². The van der Waals surface area contributed by atoms with Gasteiger partial charge in [0.1, 0.15) is 11.9 Å². The number of nitrogens with one attached hydrogen (secondary N) is 1. The Morgan fingerprint density at radius 3 is 3.04 bits per heavy atom. The highest BCUT2D eigenvalue weighted by molar-refractivity contribution is 5.87. The highest BCUT2D eigenvalue weighted by Gasteiger charge is 2.23. The lowest BCUT2D eigenvalue weighted by atomic mass is 9.93. The van der Waals surface area contributed by atoms with E-state index < -0.39 is 6.09 Å². The third-order valence-corrected chi connectivity index (χ3v) is 4.85. The van der Waals surface area contributed by atoms with Gasteiger partial charge in [-0.25, -0.2) is 14.8 Å². The number of aromatic nitrogens is 3. The molecule has 1 amide bonds. The molecule has 0 radical (unpaired) electrons. The largest absolute Gasteiger partial charge is 0.465 e. The molecular formula is C19H17N5O2. The van der Waals surface area contributed by atoms with Crippen LogP contribution in [0.25, 0.3) is 11.2 Å². The Morgan fingerprint density at radius 1 is 1.42 bits per heavy atom. The number of hydrogen-bond donors (Lipinski definition) is 2. The van der Waals surface area contributed by atoms with Crippen LogP contribution in [0, 0.1) is 11.3 Å². The number of hydrogen-bond acceptors (Lipinski definition) is 4. The molecule has 2 aromatic heterocycles. The smallest absolute Gasteiger partial charge is 0.411 e. The van der Waals surface area contributed by atoms with Gasteiger partial charge in [-0.1, -0.05) is 19.1 Å². The van der Waals surface area contributed by atoms with Gasteiger partial charge in [0, 0.05) is 18.7 Å². The van der Waals surface area contributed by atoms with Crippen molar-refractivity contribution in [2.45, 2.75) is 25.7 Å². The maximum atomic E-state index is 11.4. The molecule has 3 heterocycles. The summed E-state index contributed by atoms with van der Waals surface area (Å²) in [5.74, 6) is 0.772. The van der Waals surface area contributed by atoms with Gasteiger partial charge in [-0.2, -0.15) is 5.26 Å². The van der Waals surface area contributed by atoms with E-state index in [1.54, 1.807) is 6.07 Å². The highest BCUT2D eigenvalue weighted by atomic mass is 16.4. The van der Waals surface area contributed by atoms with Gasteiger partial charge in [0.25, 0.3) is 0 Å². The molecule has 4 rings (SSSR count). The maximum absolute atomic E-state index is 11.4. The molecule has 7 nitrogen and oxygen atoms in total. The zero-order chi connectivity index (χ0) is 18.3. The Balaban J connectivity index is 1.69. The van der Waals surface area contributed by atoms with E-state index in [4.69, 9.17) is 5.26 Å². The second-order valence-corrected chi connectivity index (χ2v) is 6.48. The number of benzene rings is 1. The van der Waals surface area contributed by atoms with Crippen LogP contribution >= 0.6 is 0 Å². The molecule has 2 N–H and O–H groups in total. The van der Waals surface area contributed by atoms with E-state index in [1.165, 1.54) is 11.1 Å². The molecule has 0 bridgehead atoms. The van der Waals surface area contributed by atoms with Crippen LogP contribution in [0.4, 0.5) is 10.5 Å². The van der Waals surface area contributed by atoms with Crippen molar-refractivity contribution in [1.82, 2.24) is 15.0 Å². The molecule has 0 spiro atoms. The molecule has 1 aliphatic rings. The molecule has 7 heteroatoms. The van der Waals surface area contributed by atoms with Crippen molar-refractivity contribution in [1.29, 1.82) is 5.26 Å². The number of carbonyl (C=O) groups is 1. The summed E-state index contributed by atoms with van der Waals surface area (Å²) in [5.41, 5.74) is 4.69. The summed E-state index contributed by atoms with van der Waals surface area (Å²) >= 11 is 0. The Bertz CT molecular complexity index is 1050. The van der Waals surface area contributed by atoms with Crippen LogP contribution in [0.3, 0.4) is 0 Å². The number of nitriles is 1. The Morgan fingerprint density at radius 2 is 2.27 bits per heavy atom. The second-order valence-electron chi connectivity index (χ2n) is 6.48. The van der Waals surface area contributed by atoms with E-state index in [1.807, 2.05) is 19.1 Å². The fourth-order valence-corrected chi connectivity index (χ4v) is 3.43. The predicted octanol–water partition coefficient (Wildman–Crippen LogP) is 3.41. The minimum atomic E-state index is -0.914. The minimum Gasteiger partial charge on any atom is -0.465 e. The summed E-state index contributed by atoms with van der Waals surface area (Å²) in [5, 5.41) is 18.3. The van der Waals surface area contributed by atoms with Crippen molar-refractivity contribution in [2.24, 2.45) is 0 Å². The number of pyridine rings is 1. The van der Waals surface area contributed by atoms with Crippen LogP contribution < -0.4 is 4.90 Å². The third kappa shape index (κ3) is 2.65. The van der Waals surface area contributed by atoms with E-state index in [2.05, 4.69) is 27.1 Å². The zero-order valence-corrected chi connectivity index (χ0v) is 14.2. The topological polar surface area (TPSA) is 106 Å². The van der Waals surface area contributed by atoms with Crippen LogP contribution in [0.5, 0.6) is 0 Å². The molecule has 0 fully saturated rings. The lowest BCUT2D eigenvalue weighted by Gasteiger charge is -2.27. The zero-order valence-electron chi connectivity index (χ0n) is 14.2. The maximum Gasteiger partial charge on any atom is 0.411 e. The van der Waals surface area contributed by atoms with Crippen molar-refractivity contribution in [3.05, 3.63) is 53.0 Å². The first kappa shape index (κ1) is 16.1. The summed E-state index contributed by atoms with van der Waals surface area (Å²) < 4.78 is 0. The molecule has 1 aromatic carbocycles. The van der Waals surface area contributed by atoms with E-state index in [9.17, 15) is 9.90 Å². The Labute approximate surface area is 149 Å². The summed E-state index contributed by atoms with van der Waals surface area (Å²) in [6.45, 7) is 2.58. The standard InChI is InChI=1S/C19H17N5O2/c1-11(17-22-15-7-12(9-20)10-21-18(15)23-17)13-4-5-16-14(8-13)3-2-6-24(16)19(25)26/h4-5,7-8,10-11H,2-3,6H2,1H3,(H,25,26)(H,21,22,23).